The number of amides is 1. The van der Waals surface area contributed by atoms with Gasteiger partial charge in [-0.3, -0.25) is 9.59 Å². The molecule has 0 saturated carbocycles. The smallest absolute Gasteiger partial charge is 0.217 e. The van der Waals surface area contributed by atoms with Crippen LogP contribution in [-0.4, -0.2) is 17.7 Å². The number of carbonyl (C=O) groups is 2. The van der Waals surface area contributed by atoms with Gasteiger partial charge in [0, 0.05) is 12.8 Å². The molecule has 0 aromatic carbocycles. The fourth-order valence-corrected chi connectivity index (χ4v) is 0.721. The summed E-state index contributed by atoms with van der Waals surface area (Å²) in [5.41, 5.74) is 10.3. The summed E-state index contributed by atoms with van der Waals surface area (Å²) in [4.78, 5) is 21.1. The third kappa shape index (κ3) is 4.50. The molecule has 4 N–H and O–H groups in total. The molecule has 1 unspecified atom stereocenters. The molecule has 0 aromatic heterocycles. The maximum atomic E-state index is 10.8. The van der Waals surface area contributed by atoms with E-state index in [4.69, 9.17) is 11.5 Å². The molecule has 0 radical (unpaired) electrons. The number of nitrogens with two attached hydrogens (primary N) is 2. The third-order valence-electron chi connectivity index (χ3n) is 1.46. The zero-order valence-electron chi connectivity index (χ0n) is 6.67. The number of hydrogen-bond donors (Lipinski definition) is 2. The molecule has 0 aromatic rings. The van der Waals surface area contributed by atoms with Gasteiger partial charge in [0.25, 0.3) is 0 Å². The molecule has 0 rings (SSSR count). The Hall–Kier alpha value is -0.900. The van der Waals surface area contributed by atoms with E-state index in [1.165, 1.54) is 0 Å². The van der Waals surface area contributed by atoms with Crippen LogP contribution in [0.5, 0.6) is 0 Å². The quantitative estimate of drug-likeness (QED) is 0.568. The molecule has 1 atom stereocenters. The maximum Gasteiger partial charge on any atom is 0.217 e. The molecule has 0 aliphatic carbocycles. The highest BCUT2D eigenvalue weighted by Crippen LogP contribution is 1.97. The Morgan fingerprint density at radius 3 is 2.36 bits per heavy atom. The van der Waals surface area contributed by atoms with Gasteiger partial charge in [-0.2, -0.15) is 0 Å². The largest absolute Gasteiger partial charge is 0.370 e. The van der Waals surface area contributed by atoms with Gasteiger partial charge < -0.3 is 11.5 Å². The fraction of sp³-hybridized carbons (Fsp3) is 0.714. The van der Waals surface area contributed by atoms with Crippen LogP contribution >= 0.6 is 0 Å². The second-order valence-electron chi connectivity index (χ2n) is 2.43. The van der Waals surface area contributed by atoms with E-state index < -0.39 is 11.9 Å². The lowest BCUT2D eigenvalue weighted by atomic mass is 10.1. The highest BCUT2D eigenvalue weighted by Gasteiger charge is 2.11. The SMILES string of the molecule is CCC(=O)C(N)CCC(N)=O. The highest BCUT2D eigenvalue weighted by molar-refractivity contribution is 5.84. The van der Waals surface area contributed by atoms with Crippen molar-refractivity contribution >= 4 is 11.7 Å². The summed E-state index contributed by atoms with van der Waals surface area (Å²) in [6.07, 6.45) is 0.967. The lowest BCUT2D eigenvalue weighted by Gasteiger charge is -2.06. The summed E-state index contributed by atoms with van der Waals surface area (Å²) < 4.78 is 0. The number of carbonyl (C=O) groups excluding carboxylic acids is 2. The predicted molar refractivity (Wildman–Crippen MR) is 41.7 cm³/mol. The van der Waals surface area contributed by atoms with E-state index in [0.717, 1.165) is 0 Å². The Bertz CT molecular complexity index is 157. The van der Waals surface area contributed by atoms with Crippen molar-refractivity contribution in [1.82, 2.24) is 0 Å². The minimum atomic E-state index is -0.521. The molecule has 0 saturated heterocycles. The fourth-order valence-electron chi connectivity index (χ4n) is 0.721. The molecule has 4 nitrogen and oxygen atoms in total. The van der Waals surface area contributed by atoms with Crippen LogP contribution in [0.4, 0.5) is 0 Å². The molecule has 0 aliphatic heterocycles. The molecule has 0 aliphatic rings. The first kappa shape index (κ1) is 10.1. The van der Waals surface area contributed by atoms with Gasteiger partial charge in [0.2, 0.25) is 5.91 Å². The first-order chi connectivity index (χ1) is 5.07. The second-order valence-corrected chi connectivity index (χ2v) is 2.43. The third-order valence-corrected chi connectivity index (χ3v) is 1.46. The van der Waals surface area contributed by atoms with Crippen molar-refractivity contribution in [2.45, 2.75) is 32.2 Å². The Balaban J connectivity index is 3.60. The standard InChI is InChI=1S/C7H14N2O2/c1-2-6(10)5(8)3-4-7(9)11/h5H,2-4,8H2,1H3,(H2,9,11). The first-order valence-corrected chi connectivity index (χ1v) is 3.64. The zero-order chi connectivity index (χ0) is 8.85. The van der Waals surface area contributed by atoms with Crippen LogP contribution in [0.15, 0.2) is 0 Å². The van der Waals surface area contributed by atoms with Crippen LogP contribution in [0.3, 0.4) is 0 Å². The summed E-state index contributed by atoms with van der Waals surface area (Å²) in [5.74, 6) is -0.435. The van der Waals surface area contributed by atoms with Gasteiger partial charge in [-0.1, -0.05) is 6.92 Å². The summed E-state index contributed by atoms with van der Waals surface area (Å²) >= 11 is 0. The predicted octanol–water partition coefficient (Wildman–Crippen LogP) is -0.442. The van der Waals surface area contributed by atoms with E-state index in [9.17, 15) is 9.59 Å². The Morgan fingerprint density at radius 1 is 1.45 bits per heavy atom. The van der Waals surface area contributed by atoms with Crippen LogP contribution in [-0.2, 0) is 9.59 Å². The minimum Gasteiger partial charge on any atom is -0.370 e. The van der Waals surface area contributed by atoms with Gasteiger partial charge in [0.1, 0.15) is 5.78 Å². The van der Waals surface area contributed by atoms with Crippen LogP contribution in [0.25, 0.3) is 0 Å². The molecule has 0 fully saturated rings. The second kappa shape index (κ2) is 4.85. The molecule has 64 valence electrons. The van der Waals surface area contributed by atoms with Crippen molar-refractivity contribution in [3.63, 3.8) is 0 Å². The van der Waals surface area contributed by atoms with Gasteiger partial charge in [-0.05, 0) is 6.42 Å². The van der Waals surface area contributed by atoms with Crippen LogP contribution in [0, 0.1) is 0 Å². The summed E-state index contributed by atoms with van der Waals surface area (Å²) in [6, 6.07) is -0.521. The van der Waals surface area contributed by atoms with Crippen molar-refractivity contribution in [1.29, 1.82) is 0 Å². The topological polar surface area (TPSA) is 86.2 Å². The highest BCUT2D eigenvalue weighted by atomic mass is 16.1. The van der Waals surface area contributed by atoms with Crippen molar-refractivity contribution in [3.05, 3.63) is 0 Å². The van der Waals surface area contributed by atoms with Crippen molar-refractivity contribution < 1.29 is 9.59 Å². The van der Waals surface area contributed by atoms with E-state index >= 15 is 0 Å². The van der Waals surface area contributed by atoms with E-state index in [1.807, 2.05) is 0 Å². The number of hydrogen-bond acceptors (Lipinski definition) is 3. The van der Waals surface area contributed by atoms with E-state index in [1.54, 1.807) is 6.92 Å². The van der Waals surface area contributed by atoms with Gasteiger partial charge in [-0.15, -0.1) is 0 Å². The lowest BCUT2D eigenvalue weighted by Crippen LogP contribution is -2.31. The number of Topliss-reactive ketones (excluding diaryl/α,β-unsaturated/α-hetero) is 1. The summed E-state index contributed by atoms with van der Waals surface area (Å²) in [6.45, 7) is 1.74. The van der Waals surface area contributed by atoms with E-state index in [2.05, 4.69) is 0 Å². The Morgan fingerprint density at radius 2 is 2.00 bits per heavy atom. The Kier molecular flexibility index (Phi) is 4.45. The van der Waals surface area contributed by atoms with E-state index in [-0.39, 0.29) is 12.2 Å². The summed E-state index contributed by atoms with van der Waals surface area (Å²) in [5, 5.41) is 0. The molecular weight excluding hydrogens is 144 g/mol. The molecule has 0 bridgehead atoms. The molecular formula is C7H14N2O2. The zero-order valence-corrected chi connectivity index (χ0v) is 6.67. The Labute approximate surface area is 65.9 Å². The van der Waals surface area contributed by atoms with Crippen LogP contribution in [0.1, 0.15) is 26.2 Å². The van der Waals surface area contributed by atoms with Crippen LogP contribution in [0.2, 0.25) is 0 Å². The molecule has 0 spiro atoms. The van der Waals surface area contributed by atoms with Crippen LogP contribution < -0.4 is 11.5 Å². The number of primary amides is 1. The molecule has 11 heavy (non-hydrogen) atoms. The molecule has 0 heterocycles. The summed E-state index contributed by atoms with van der Waals surface area (Å²) in [7, 11) is 0. The average Bonchev–Trinajstić information content (AvgIpc) is 1.98. The van der Waals surface area contributed by atoms with Gasteiger partial charge in [0.15, 0.2) is 0 Å². The van der Waals surface area contributed by atoms with Crippen molar-refractivity contribution in [2.75, 3.05) is 0 Å². The lowest BCUT2D eigenvalue weighted by molar-refractivity contribution is -0.120. The number of rotatable bonds is 5. The van der Waals surface area contributed by atoms with Crippen molar-refractivity contribution in [2.24, 2.45) is 11.5 Å². The maximum absolute atomic E-state index is 10.8. The van der Waals surface area contributed by atoms with Gasteiger partial charge in [-0.25, -0.2) is 0 Å². The minimum absolute atomic E-state index is 0.0220. The average molecular weight is 158 g/mol. The van der Waals surface area contributed by atoms with E-state index in [0.29, 0.717) is 12.8 Å². The number of ketones is 1. The van der Waals surface area contributed by atoms with Crippen molar-refractivity contribution in [3.8, 4) is 0 Å². The van der Waals surface area contributed by atoms with Gasteiger partial charge >= 0.3 is 0 Å². The molecule has 1 amide bonds. The van der Waals surface area contributed by atoms with Gasteiger partial charge in [0.05, 0.1) is 6.04 Å². The molecule has 4 heteroatoms. The first-order valence-electron chi connectivity index (χ1n) is 3.64. The normalized spacial score (nSPS) is 12.5. The monoisotopic (exact) mass is 158 g/mol.